The maximum Gasteiger partial charge on any atom is 0.326 e. The number of carbonyl (C=O) groups is 1. The molecule has 0 aliphatic heterocycles. The minimum Gasteiger partial charge on any atom is -0.480 e. The topological polar surface area (TPSA) is 84.3 Å². The number of anilines is 1. The molecule has 116 valence electrons. The van der Waals surface area contributed by atoms with Gasteiger partial charge in [0.25, 0.3) is 0 Å². The molecule has 2 N–H and O–H groups in total. The van der Waals surface area contributed by atoms with E-state index in [0.717, 1.165) is 25.7 Å². The molecule has 1 fully saturated rings. The zero-order valence-electron chi connectivity index (χ0n) is 12.6. The standard InChI is InChI=1S/C15H23N3O3/c1-10(2)21-12-8-9-16-15(17-12)18-13(14(19)20)11-6-4-3-5-7-11/h8-11,13H,3-7H2,1-2H3,(H,19,20)(H,16,17,18). The van der Waals surface area contributed by atoms with Crippen LogP contribution in [0.25, 0.3) is 0 Å². The van der Waals surface area contributed by atoms with Crippen LogP contribution in [-0.2, 0) is 4.79 Å². The fraction of sp³-hybridized carbons (Fsp3) is 0.667. The number of aliphatic carboxylic acids is 1. The fourth-order valence-electron chi connectivity index (χ4n) is 2.71. The lowest BCUT2D eigenvalue weighted by molar-refractivity contribution is -0.139. The van der Waals surface area contributed by atoms with E-state index in [9.17, 15) is 9.90 Å². The maximum absolute atomic E-state index is 11.5. The monoisotopic (exact) mass is 293 g/mol. The highest BCUT2D eigenvalue weighted by atomic mass is 16.5. The Morgan fingerprint density at radius 2 is 2.10 bits per heavy atom. The molecule has 1 saturated carbocycles. The average Bonchev–Trinajstić information content (AvgIpc) is 2.45. The van der Waals surface area contributed by atoms with Gasteiger partial charge in [0, 0.05) is 12.3 Å². The minimum atomic E-state index is -0.847. The van der Waals surface area contributed by atoms with Crippen LogP contribution in [0.3, 0.4) is 0 Å². The van der Waals surface area contributed by atoms with E-state index >= 15 is 0 Å². The van der Waals surface area contributed by atoms with E-state index in [0.29, 0.717) is 11.8 Å². The van der Waals surface area contributed by atoms with Gasteiger partial charge in [0.2, 0.25) is 11.8 Å². The molecule has 0 amide bonds. The fourth-order valence-corrected chi connectivity index (χ4v) is 2.71. The molecule has 21 heavy (non-hydrogen) atoms. The van der Waals surface area contributed by atoms with Crippen LogP contribution in [0.2, 0.25) is 0 Å². The molecule has 0 radical (unpaired) electrons. The summed E-state index contributed by atoms with van der Waals surface area (Å²) < 4.78 is 5.50. The quantitative estimate of drug-likeness (QED) is 0.839. The predicted octanol–water partition coefficient (Wildman–Crippen LogP) is 2.71. The Hall–Kier alpha value is -1.85. The first-order valence-corrected chi connectivity index (χ1v) is 7.55. The number of ether oxygens (including phenoxy) is 1. The molecule has 1 unspecified atom stereocenters. The van der Waals surface area contributed by atoms with Crippen LogP contribution in [0, 0.1) is 5.92 Å². The van der Waals surface area contributed by atoms with Crippen LogP contribution >= 0.6 is 0 Å². The van der Waals surface area contributed by atoms with E-state index in [2.05, 4.69) is 15.3 Å². The van der Waals surface area contributed by atoms with Gasteiger partial charge in [0.05, 0.1) is 6.10 Å². The number of aromatic nitrogens is 2. The molecule has 2 rings (SSSR count). The van der Waals surface area contributed by atoms with Crippen LogP contribution in [0.1, 0.15) is 46.0 Å². The van der Waals surface area contributed by atoms with E-state index in [1.165, 1.54) is 6.42 Å². The van der Waals surface area contributed by atoms with Gasteiger partial charge in [-0.05, 0) is 32.6 Å². The van der Waals surface area contributed by atoms with Crippen molar-refractivity contribution in [2.24, 2.45) is 5.92 Å². The summed E-state index contributed by atoms with van der Waals surface area (Å²) in [6.45, 7) is 3.83. The highest BCUT2D eigenvalue weighted by Crippen LogP contribution is 2.28. The molecule has 1 heterocycles. The lowest BCUT2D eigenvalue weighted by Crippen LogP contribution is -2.38. The van der Waals surface area contributed by atoms with Crippen LogP contribution in [0.15, 0.2) is 12.3 Å². The van der Waals surface area contributed by atoms with Gasteiger partial charge < -0.3 is 15.2 Å². The summed E-state index contributed by atoms with van der Waals surface area (Å²) in [7, 11) is 0. The molecule has 0 saturated heterocycles. The Morgan fingerprint density at radius 1 is 1.38 bits per heavy atom. The first-order valence-electron chi connectivity index (χ1n) is 7.55. The second-order valence-corrected chi connectivity index (χ2v) is 5.74. The lowest BCUT2D eigenvalue weighted by atomic mass is 9.84. The largest absolute Gasteiger partial charge is 0.480 e. The van der Waals surface area contributed by atoms with E-state index in [-0.39, 0.29) is 12.0 Å². The lowest BCUT2D eigenvalue weighted by Gasteiger charge is -2.28. The number of rotatable bonds is 6. The van der Waals surface area contributed by atoms with Crippen LogP contribution in [0.5, 0.6) is 5.88 Å². The van der Waals surface area contributed by atoms with Gasteiger partial charge in [0.15, 0.2) is 0 Å². The van der Waals surface area contributed by atoms with Crippen molar-refractivity contribution in [3.8, 4) is 5.88 Å². The Labute approximate surface area is 124 Å². The molecule has 0 aromatic carbocycles. The summed E-state index contributed by atoms with van der Waals surface area (Å²) in [6.07, 6.45) is 6.84. The van der Waals surface area contributed by atoms with Crippen molar-refractivity contribution in [2.75, 3.05) is 5.32 Å². The number of carboxylic acid groups (broad SMARTS) is 1. The summed E-state index contributed by atoms with van der Waals surface area (Å²) in [4.78, 5) is 19.8. The van der Waals surface area contributed by atoms with Crippen molar-refractivity contribution in [1.29, 1.82) is 0 Å². The number of nitrogens with zero attached hydrogens (tertiary/aromatic N) is 2. The molecule has 0 spiro atoms. The third kappa shape index (κ3) is 4.58. The van der Waals surface area contributed by atoms with Gasteiger partial charge >= 0.3 is 5.97 Å². The minimum absolute atomic E-state index is 0.0152. The molecule has 0 bridgehead atoms. The van der Waals surface area contributed by atoms with Crippen molar-refractivity contribution in [3.05, 3.63) is 12.3 Å². The van der Waals surface area contributed by atoms with E-state index in [1.807, 2.05) is 13.8 Å². The molecule has 1 aliphatic rings. The normalized spacial score (nSPS) is 17.5. The third-order valence-corrected chi connectivity index (χ3v) is 3.66. The first-order chi connectivity index (χ1) is 10.1. The molecule has 1 aromatic heterocycles. The second-order valence-electron chi connectivity index (χ2n) is 5.74. The van der Waals surface area contributed by atoms with Crippen molar-refractivity contribution >= 4 is 11.9 Å². The number of hydrogen-bond acceptors (Lipinski definition) is 5. The van der Waals surface area contributed by atoms with E-state index < -0.39 is 12.0 Å². The number of carboxylic acids is 1. The van der Waals surface area contributed by atoms with Crippen molar-refractivity contribution in [2.45, 2.75) is 58.1 Å². The van der Waals surface area contributed by atoms with Gasteiger partial charge in [0.1, 0.15) is 6.04 Å². The van der Waals surface area contributed by atoms with Crippen molar-refractivity contribution in [3.63, 3.8) is 0 Å². The average molecular weight is 293 g/mol. The van der Waals surface area contributed by atoms with Crippen LogP contribution in [-0.4, -0.2) is 33.2 Å². The van der Waals surface area contributed by atoms with Gasteiger partial charge in [-0.2, -0.15) is 4.98 Å². The van der Waals surface area contributed by atoms with Crippen LogP contribution < -0.4 is 10.1 Å². The van der Waals surface area contributed by atoms with Crippen molar-refractivity contribution in [1.82, 2.24) is 9.97 Å². The zero-order chi connectivity index (χ0) is 15.2. The Balaban J connectivity index is 2.07. The molecular formula is C15H23N3O3. The van der Waals surface area contributed by atoms with E-state index in [4.69, 9.17) is 4.74 Å². The molecule has 6 nitrogen and oxygen atoms in total. The second kappa shape index (κ2) is 7.24. The summed E-state index contributed by atoms with van der Waals surface area (Å²) >= 11 is 0. The predicted molar refractivity (Wildman–Crippen MR) is 79.4 cm³/mol. The highest BCUT2D eigenvalue weighted by molar-refractivity contribution is 5.77. The summed E-state index contributed by atoms with van der Waals surface area (Å²) in [5.41, 5.74) is 0. The highest BCUT2D eigenvalue weighted by Gasteiger charge is 2.30. The smallest absolute Gasteiger partial charge is 0.326 e. The molecular weight excluding hydrogens is 270 g/mol. The summed E-state index contributed by atoms with van der Waals surface area (Å²) in [5.74, 6) is 0.0524. The number of nitrogens with one attached hydrogen (secondary N) is 1. The van der Waals surface area contributed by atoms with Gasteiger partial charge in [-0.25, -0.2) is 9.78 Å². The Bertz CT molecular complexity index is 473. The molecule has 1 atom stereocenters. The van der Waals surface area contributed by atoms with Gasteiger partial charge in [-0.1, -0.05) is 19.3 Å². The SMILES string of the molecule is CC(C)Oc1ccnc(NC(C(=O)O)C2CCCCC2)n1. The Kier molecular flexibility index (Phi) is 5.36. The van der Waals surface area contributed by atoms with Gasteiger partial charge in [-0.15, -0.1) is 0 Å². The molecule has 1 aliphatic carbocycles. The van der Waals surface area contributed by atoms with Crippen molar-refractivity contribution < 1.29 is 14.6 Å². The Morgan fingerprint density at radius 3 is 2.71 bits per heavy atom. The first kappa shape index (κ1) is 15.5. The summed E-state index contributed by atoms with van der Waals surface area (Å²) in [5, 5.41) is 12.4. The number of hydrogen-bond donors (Lipinski definition) is 2. The maximum atomic E-state index is 11.5. The van der Waals surface area contributed by atoms with E-state index in [1.54, 1.807) is 12.3 Å². The van der Waals surface area contributed by atoms with Crippen LogP contribution in [0.4, 0.5) is 5.95 Å². The molecule has 1 aromatic rings. The van der Waals surface area contributed by atoms with Gasteiger partial charge in [-0.3, -0.25) is 0 Å². The zero-order valence-corrected chi connectivity index (χ0v) is 12.6. The summed E-state index contributed by atoms with van der Waals surface area (Å²) in [6, 6.07) is 1.03. The third-order valence-electron chi connectivity index (χ3n) is 3.66. The molecule has 6 heteroatoms.